The van der Waals surface area contributed by atoms with Gasteiger partial charge in [-0.3, -0.25) is 0 Å². The number of amides is 1. The van der Waals surface area contributed by atoms with Crippen LogP contribution in [0.25, 0.3) is 0 Å². The molecule has 0 saturated carbocycles. The molecule has 1 aliphatic heterocycles. The summed E-state index contributed by atoms with van der Waals surface area (Å²) in [5, 5.41) is 0. The van der Waals surface area contributed by atoms with Crippen LogP contribution in [0.3, 0.4) is 0 Å². The van der Waals surface area contributed by atoms with E-state index in [1.54, 1.807) is 20.8 Å². The number of rotatable bonds is 4. The topological polar surface area (TPSA) is 75.7 Å². The lowest BCUT2D eigenvalue weighted by Crippen LogP contribution is -2.40. The zero-order valence-electron chi connectivity index (χ0n) is 14.1. The van der Waals surface area contributed by atoms with Gasteiger partial charge in [0.25, 0.3) is 0 Å². The Morgan fingerprint density at radius 3 is 2.54 bits per heavy atom. The molecule has 0 spiro atoms. The van der Waals surface area contributed by atoms with E-state index in [0.29, 0.717) is 18.5 Å². The first kappa shape index (κ1) is 18.7. The Morgan fingerprint density at radius 2 is 1.96 bits per heavy atom. The Labute approximate surface area is 142 Å². The highest BCUT2D eigenvalue weighted by Crippen LogP contribution is 2.16. The van der Waals surface area contributed by atoms with Crippen molar-refractivity contribution in [3.8, 4) is 0 Å². The maximum Gasteiger partial charge on any atom is 0.410 e. The second kappa shape index (κ2) is 7.06. The third-order valence-corrected chi connectivity index (χ3v) is 4.86. The number of carbonyl (C=O) groups excluding carboxylic acids is 1. The smallest absolute Gasteiger partial charge is 0.410 e. The van der Waals surface area contributed by atoms with Crippen LogP contribution >= 0.6 is 0 Å². The van der Waals surface area contributed by atoms with Crippen molar-refractivity contribution in [2.45, 2.75) is 44.6 Å². The maximum absolute atomic E-state index is 12.9. The van der Waals surface area contributed by atoms with E-state index in [1.165, 1.54) is 29.2 Å². The van der Waals surface area contributed by atoms with Crippen molar-refractivity contribution in [3.05, 3.63) is 35.6 Å². The Morgan fingerprint density at radius 1 is 1.33 bits per heavy atom. The number of halogens is 1. The van der Waals surface area contributed by atoms with Gasteiger partial charge in [-0.25, -0.2) is 22.3 Å². The van der Waals surface area contributed by atoms with Crippen LogP contribution in [-0.4, -0.2) is 44.1 Å². The van der Waals surface area contributed by atoms with Crippen LogP contribution in [-0.2, 0) is 20.5 Å². The van der Waals surface area contributed by atoms with E-state index >= 15 is 0 Å². The lowest BCUT2D eigenvalue weighted by Gasteiger charge is -2.24. The Kier molecular flexibility index (Phi) is 5.49. The maximum atomic E-state index is 12.9. The summed E-state index contributed by atoms with van der Waals surface area (Å²) in [5.74, 6) is -0.635. The van der Waals surface area contributed by atoms with Crippen LogP contribution < -0.4 is 4.72 Å². The zero-order valence-corrected chi connectivity index (χ0v) is 14.9. The monoisotopic (exact) mass is 358 g/mol. The molecule has 0 bridgehead atoms. The molecule has 1 saturated heterocycles. The second-order valence-corrected chi connectivity index (χ2v) is 8.67. The molecule has 0 aliphatic carbocycles. The molecule has 1 atom stereocenters. The highest BCUT2D eigenvalue weighted by Gasteiger charge is 2.31. The highest BCUT2D eigenvalue weighted by molar-refractivity contribution is 7.88. The van der Waals surface area contributed by atoms with Gasteiger partial charge in [-0.2, -0.15) is 0 Å². The van der Waals surface area contributed by atoms with Gasteiger partial charge in [-0.05, 0) is 44.9 Å². The van der Waals surface area contributed by atoms with E-state index in [0.717, 1.165) is 0 Å². The normalized spacial score (nSPS) is 18.7. The lowest BCUT2D eigenvalue weighted by molar-refractivity contribution is 0.0292. The van der Waals surface area contributed by atoms with Gasteiger partial charge in [0, 0.05) is 19.1 Å². The molecule has 2 rings (SSSR count). The first-order valence-corrected chi connectivity index (χ1v) is 9.42. The fourth-order valence-corrected chi connectivity index (χ4v) is 3.86. The van der Waals surface area contributed by atoms with Crippen molar-refractivity contribution in [2.24, 2.45) is 0 Å². The van der Waals surface area contributed by atoms with E-state index in [1.807, 2.05) is 0 Å². The minimum atomic E-state index is -3.57. The van der Waals surface area contributed by atoms with Gasteiger partial charge >= 0.3 is 6.09 Å². The zero-order chi connectivity index (χ0) is 18.0. The SMILES string of the molecule is CC(C)(C)OC(=O)N1CCC(NS(=O)(=O)Cc2ccc(F)cc2)C1. The molecule has 1 heterocycles. The van der Waals surface area contributed by atoms with Gasteiger partial charge in [0.2, 0.25) is 10.0 Å². The summed E-state index contributed by atoms with van der Waals surface area (Å²) in [5.41, 5.74) is -0.0806. The van der Waals surface area contributed by atoms with Gasteiger partial charge in [-0.15, -0.1) is 0 Å². The van der Waals surface area contributed by atoms with Gasteiger partial charge in [-0.1, -0.05) is 12.1 Å². The summed E-state index contributed by atoms with van der Waals surface area (Å²) in [6.07, 6.45) is 0.0877. The van der Waals surface area contributed by atoms with E-state index < -0.39 is 27.5 Å². The molecule has 6 nitrogen and oxygen atoms in total. The largest absolute Gasteiger partial charge is 0.444 e. The van der Waals surface area contributed by atoms with Crippen molar-refractivity contribution >= 4 is 16.1 Å². The van der Waals surface area contributed by atoms with Gasteiger partial charge in [0.1, 0.15) is 11.4 Å². The minimum Gasteiger partial charge on any atom is -0.444 e. The molecular weight excluding hydrogens is 335 g/mol. The molecule has 8 heteroatoms. The number of sulfonamides is 1. The molecule has 0 aromatic heterocycles. The van der Waals surface area contributed by atoms with Crippen molar-refractivity contribution < 1.29 is 22.3 Å². The van der Waals surface area contributed by atoms with E-state index in [2.05, 4.69) is 4.72 Å². The molecule has 134 valence electrons. The molecule has 24 heavy (non-hydrogen) atoms. The summed E-state index contributed by atoms with van der Waals surface area (Å²) >= 11 is 0. The van der Waals surface area contributed by atoms with E-state index in [9.17, 15) is 17.6 Å². The molecule has 1 amide bonds. The third kappa shape index (κ3) is 5.76. The second-order valence-electron chi connectivity index (χ2n) is 6.92. The number of likely N-dealkylation sites (tertiary alicyclic amines) is 1. The highest BCUT2D eigenvalue weighted by atomic mass is 32.2. The summed E-state index contributed by atoms with van der Waals surface area (Å²) in [4.78, 5) is 13.5. The van der Waals surface area contributed by atoms with Gasteiger partial charge in [0.05, 0.1) is 5.75 Å². The Bertz CT molecular complexity index is 683. The predicted octanol–water partition coefficient (Wildman–Crippen LogP) is 2.25. The molecule has 1 aromatic carbocycles. The average molecular weight is 358 g/mol. The number of ether oxygens (including phenoxy) is 1. The summed E-state index contributed by atoms with van der Waals surface area (Å²) in [6, 6.07) is 4.99. The van der Waals surface area contributed by atoms with Crippen molar-refractivity contribution in [1.29, 1.82) is 0 Å². The average Bonchev–Trinajstić information content (AvgIpc) is 2.87. The quantitative estimate of drug-likeness (QED) is 0.896. The van der Waals surface area contributed by atoms with Crippen molar-refractivity contribution in [2.75, 3.05) is 13.1 Å². The van der Waals surface area contributed by atoms with Crippen LogP contribution in [0.4, 0.5) is 9.18 Å². The number of nitrogens with zero attached hydrogens (tertiary/aromatic N) is 1. The first-order chi connectivity index (χ1) is 11.0. The van der Waals surface area contributed by atoms with Crippen LogP contribution in [0, 0.1) is 5.82 Å². The van der Waals surface area contributed by atoms with Gasteiger partial charge in [0.15, 0.2) is 0 Å². The molecule has 1 aliphatic rings. The summed E-state index contributed by atoms with van der Waals surface area (Å²) in [7, 11) is -3.57. The number of hydrogen-bond donors (Lipinski definition) is 1. The number of benzene rings is 1. The predicted molar refractivity (Wildman–Crippen MR) is 88.4 cm³/mol. The Balaban J connectivity index is 1.89. The summed E-state index contributed by atoms with van der Waals surface area (Å²) in [6.45, 7) is 6.06. The standard InChI is InChI=1S/C16H23FN2O4S/c1-16(2,3)23-15(20)19-9-8-14(10-19)18-24(21,22)11-12-4-6-13(17)7-5-12/h4-7,14,18H,8-11H2,1-3H3. The molecule has 1 aromatic rings. The Hall–Kier alpha value is -1.67. The van der Waals surface area contributed by atoms with Crippen LogP contribution in [0.15, 0.2) is 24.3 Å². The summed E-state index contributed by atoms with van der Waals surface area (Å²) < 4.78 is 45.2. The molecule has 1 unspecified atom stereocenters. The fraction of sp³-hybridized carbons (Fsp3) is 0.562. The van der Waals surface area contributed by atoms with Crippen molar-refractivity contribution in [1.82, 2.24) is 9.62 Å². The lowest BCUT2D eigenvalue weighted by atomic mass is 10.2. The van der Waals surface area contributed by atoms with Gasteiger partial charge < -0.3 is 9.64 Å². The van der Waals surface area contributed by atoms with Crippen LogP contribution in [0.1, 0.15) is 32.8 Å². The van der Waals surface area contributed by atoms with Crippen molar-refractivity contribution in [3.63, 3.8) is 0 Å². The van der Waals surface area contributed by atoms with Crippen LogP contribution in [0.2, 0.25) is 0 Å². The number of nitrogens with one attached hydrogen (secondary N) is 1. The van der Waals surface area contributed by atoms with Crippen LogP contribution in [0.5, 0.6) is 0 Å². The fourth-order valence-electron chi connectivity index (χ4n) is 2.44. The first-order valence-electron chi connectivity index (χ1n) is 7.76. The molecule has 0 radical (unpaired) electrons. The number of carbonyl (C=O) groups is 1. The van der Waals surface area contributed by atoms with E-state index in [-0.39, 0.29) is 18.3 Å². The minimum absolute atomic E-state index is 0.226. The van der Waals surface area contributed by atoms with E-state index in [4.69, 9.17) is 4.74 Å². The molecular formula is C16H23FN2O4S. The number of hydrogen-bond acceptors (Lipinski definition) is 4. The third-order valence-electron chi connectivity index (χ3n) is 3.46. The molecule has 1 N–H and O–H groups in total. The molecule has 1 fully saturated rings.